The third-order valence-corrected chi connectivity index (χ3v) is 5.32. The first-order chi connectivity index (χ1) is 17.3. The average Bonchev–Trinajstić information content (AvgIpc) is 2.88. The second-order valence-corrected chi connectivity index (χ2v) is 7.90. The summed E-state index contributed by atoms with van der Waals surface area (Å²) in [5, 5.41) is 8.58. The number of urea groups is 1. The van der Waals surface area contributed by atoms with Gasteiger partial charge in [0.1, 0.15) is 0 Å². The number of hydrazone groups is 1. The van der Waals surface area contributed by atoms with Crippen LogP contribution >= 0.6 is 0 Å². The van der Waals surface area contributed by atoms with Gasteiger partial charge in [0.25, 0.3) is 17.7 Å². The highest BCUT2D eigenvalue weighted by Crippen LogP contribution is 2.20. The molecule has 10 nitrogen and oxygen atoms in total. The number of rotatable bonds is 6. The summed E-state index contributed by atoms with van der Waals surface area (Å²) in [5.74, 6) is -3.91. The molecule has 0 saturated carbocycles. The summed E-state index contributed by atoms with van der Waals surface area (Å²) in [4.78, 5) is 62.7. The zero-order valence-electron chi connectivity index (χ0n) is 19.1. The van der Waals surface area contributed by atoms with Crippen LogP contribution in [0.1, 0.15) is 26.3 Å². The van der Waals surface area contributed by atoms with Crippen molar-refractivity contribution in [2.24, 2.45) is 11.0 Å². The number of nitrogens with zero attached hydrogens (tertiary/aromatic N) is 2. The molecule has 0 unspecified atom stereocenters. The molecular weight excluding hydrogens is 462 g/mol. The second-order valence-electron chi connectivity index (χ2n) is 7.90. The minimum atomic E-state index is -1.40. The zero-order valence-corrected chi connectivity index (χ0v) is 19.1. The number of hydrogen-bond donors (Lipinski definition) is 3. The van der Waals surface area contributed by atoms with E-state index in [2.05, 4.69) is 21.2 Å². The Balaban J connectivity index is 1.38. The van der Waals surface area contributed by atoms with Gasteiger partial charge in [0, 0.05) is 23.0 Å². The number of aryl methyl sites for hydroxylation is 1. The fraction of sp³-hybridized carbons (Fsp3) is 0.0769. The minimum absolute atomic E-state index is 0.237. The number of anilines is 2. The third kappa shape index (κ3) is 5.33. The van der Waals surface area contributed by atoms with E-state index in [0.717, 1.165) is 16.7 Å². The monoisotopic (exact) mass is 483 g/mol. The van der Waals surface area contributed by atoms with E-state index in [0.29, 0.717) is 16.9 Å². The molecule has 3 aromatic rings. The van der Waals surface area contributed by atoms with Crippen molar-refractivity contribution in [2.45, 2.75) is 6.92 Å². The number of benzene rings is 3. The lowest BCUT2D eigenvalue weighted by Crippen LogP contribution is -2.58. The maximum atomic E-state index is 12.8. The summed E-state index contributed by atoms with van der Waals surface area (Å²) in [6.45, 7) is 1.86. The van der Waals surface area contributed by atoms with Crippen molar-refractivity contribution in [2.75, 3.05) is 10.2 Å². The molecule has 6 amide bonds. The number of imide groups is 2. The standard InChI is InChI=1S/C26H21N5O5/c1-16-7-13-20(14-8-16)31-25(35)21(24(34)29-26(31)36)15-27-30-23(33)18-9-11-19(12-10-18)28-22(32)17-5-3-2-4-6-17/h2-15,21H,1H3,(H,28,32)(H,30,33)(H,29,34,36)/b27-15-/t21-/m1/s1. The van der Waals surface area contributed by atoms with Crippen LogP contribution in [0.15, 0.2) is 84.0 Å². The second kappa shape index (κ2) is 10.4. The quantitative estimate of drug-likeness (QED) is 0.281. The van der Waals surface area contributed by atoms with Crippen molar-refractivity contribution in [3.63, 3.8) is 0 Å². The van der Waals surface area contributed by atoms with Crippen molar-refractivity contribution in [1.29, 1.82) is 0 Å². The smallest absolute Gasteiger partial charge is 0.322 e. The molecule has 1 atom stereocenters. The van der Waals surface area contributed by atoms with E-state index in [1.54, 1.807) is 60.7 Å². The average molecular weight is 483 g/mol. The van der Waals surface area contributed by atoms with Crippen LogP contribution in [0.5, 0.6) is 0 Å². The molecule has 1 saturated heterocycles. The molecule has 1 aliphatic heterocycles. The highest BCUT2D eigenvalue weighted by Gasteiger charge is 2.40. The lowest BCUT2D eigenvalue weighted by Gasteiger charge is -2.28. The van der Waals surface area contributed by atoms with Crippen LogP contribution in [-0.4, -0.2) is 35.9 Å². The van der Waals surface area contributed by atoms with E-state index in [9.17, 15) is 24.0 Å². The number of amides is 6. The van der Waals surface area contributed by atoms with Gasteiger partial charge in [0.05, 0.1) is 5.69 Å². The molecule has 36 heavy (non-hydrogen) atoms. The van der Waals surface area contributed by atoms with Gasteiger partial charge in [-0.2, -0.15) is 5.10 Å². The van der Waals surface area contributed by atoms with Gasteiger partial charge in [-0.15, -0.1) is 0 Å². The Morgan fingerprint density at radius 2 is 1.50 bits per heavy atom. The highest BCUT2D eigenvalue weighted by atomic mass is 16.2. The van der Waals surface area contributed by atoms with Crippen LogP contribution in [0, 0.1) is 12.8 Å². The van der Waals surface area contributed by atoms with Gasteiger partial charge >= 0.3 is 6.03 Å². The summed E-state index contributed by atoms with van der Waals surface area (Å²) < 4.78 is 0. The molecular formula is C26H21N5O5. The molecule has 180 valence electrons. The van der Waals surface area contributed by atoms with Crippen LogP contribution in [0.4, 0.5) is 16.2 Å². The van der Waals surface area contributed by atoms with E-state index in [-0.39, 0.29) is 11.5 Å². The van der Waals surface area contributed by atoms with Gasteiger partial charge in [-0.05, 0) is 55.5 Å². The molecule has 0 aromatic heterocycles. The van der Waals surface area contributed by atoms with Crippen LogP contribution < -0.4 is 21.0 Å². The molecule has 1 heterocycles. The Hall–Kier alpha value is -5.12. The van der Waals surface area contributed by atoms with Gasteiger partial charge in [0.15, 0.2) is 5.92 Å². The summed E-state index contributed by atoms with van der Waals surface area (Å²) in [6, 6.07) is 20.6. The first-order valence-electron chi connectivity index (χ1n) is 10.9. The third-order valence-electron chi connectivity index (χ3n) is 5.32. The number of carbonyl (C=O) groups excluding carboxylic acids is 5. The van der Waals surface area contributed by atoms with Crippen LogP contribution in [0.25, 0.3) is 0 Å². The molecule has 10 heteroatoms. The van der Waals surface area contributed by atoms with E-state index < -0.39 is 29.7 Å². The van der Waals surface area contributed by atoms with Crippen molar-refractivity contribution in [3.05, 3.63) is 95.6 Å². The molecule has 0 radical (unpaired) electrons. The van der Waals surface area contributed by atoms with E-state index in [4.69, 9.17) is 0 Å². The lowest BCUT2D eigenvalue weighted by molar-refractivity contribution is -0.131. The summed E-state index contributed by atoms with van der Waals surface area (Å²) in [6.07, 6.45) is 0.970. The van der Waals surface area contributed by atoms with E-state index in [1.165, 1.54) is 12.1 Å². The van der Waals surface area contributed by atoms with Crippen molar-refractivity contribution < 1.29 is 24.0 Å². The van der Waals surface area contributed by atoms with Gasteiger partial charge in [-0.1, -0.05) is 35.9 Å². The maximum Gasteiger partial charge on any atom is 0.335 e. The Labute approximate surface area is 206 Å². The number of carbonyl (C=O) groups is 5. The summed E-state index contributed by atoms with van der Waals surface area (Å²) in [5.41, 5.74) is 4.72. The fourth-order valence-corrected chi connectivity index (χ4v) is 3.39. The Bertz CT molecular complexity index is 1350. The van der Waals surface area contributed by atoms with E-state index >= 15 is 0 Å². The largest absolute Gasteiger partial charge is 0.335 e. The van der Waals surface area contributed by atoms with E-state index in [1.807, 2.05) is 13.0 Å². The highest BCUT2D eigenvalue weighted by molar-refractivity contribution is 6.32. The molecule has 1 aliphatic rings. The van der Waals surface area contributed by atoms with Crippen LogP contribution in [0.2, 0.25) is 0 Å². The SMILES string of the molecule is Cc1ccc(N2C(=O)NC(=O)[C@@H](/C=N\NC(=O)c3ccc(NC(=O)c4ccccc4)cc3)C2=O)cc1. The lowest BCUT2D eigenvalue weighted by atomic mass is 10.1. The summed E-state index contributed by atoms with van der Waals surface area (Å²) >= 11 is 0. The van der Waals surface area contributed by atoms with Gasteiger partial charge in [0.2, 0.25) is 5.91 Å². The van der Waals surface area contributed by atoms with Crippen molar-refractivity contribution >= 4 is 47.2 Å². The topological polar surface area (TPSA) is 137 Å². The maximum absolute atomic E-state index is 12.8. The Morgan fingerprint density at radius 3 is 2.17 bits per heavy atom. The predicted molar refractivity (Wildman–Crippen MR) is 132 cm³/mol. The van der Waals surface area contributed by atoms with Gasteiger partial charge in [-0.3, -0.25) is 24.5 Å². The molecule has 0 spiro atoms. The van der Waals surface area contributed by atoms with Crippen LogP contribution in [0.3, 0.4) is 0 Å². The molecule has 3 aromatic carbocycles. The minimum Gasteiger partial charge on any atom is -0.322 e. The first-order valence-corrected chi connectivity index (χ1v) is 10.9. The van der Waals surface area contributed by atoms with Crippen LogP contribution in [-0.2, 0) is 9.59 Å². The number of hydrogen-bond acceptors (Lipinski definition) is 6. The van der Waals surface area contributed by atoms with Crippen molar-refractivity contribution in [3.8, 4) is 0 Å². The molecule has 0 bridgehead atoms. The fourth-order valence-electron chi connectivity index (χ4n) is 3.39. The predicted octanol–water partition coefficient (Wildman–Crippen LogP) is 2.86. The number of nitrogens with one attached hydrogen (secondary N) is 3. The Kier molecular flexibility index (Phi) is 6.96. The molecule has 3 N–H and O–H groups in total. The van der Waals surface area contributed by atoms with Gasteiger partial charge < -0.3 is 5.32 Å². The Morgan fingerprint density at radius 1 is 0.861 bits per heavy atom. The molecule has 0 aliphatic carbocycles. The molecule has 1 fully saturated rings. The first kappa shape index (κ1) is 24.0. The normalized spacial score (nSPS) is 15.5. The van der Waals surface area contributed by atoms with Crippen molar-refractivity contribution in [1.82, 2.24) is 10.7 Å². The summed E-state index contributed by atoms with van der Waals surface area (Å²) in [7, 11) is 0. The number of barbiturate groups is 1. The zero-order chi connectivity index (χ0) is 25.7. The van der Waals surface area contributed by atoms with Gasteiger partial charge in [-0.25, -0.2) is 15.1 Å². The molecule has 4 rings (SSSR count).